The molecule has 0 aliphatic rings. The van der Waals surface area contributed by atoms with E-state index < -0.39 is 0 Å². The molecule has 0 nitrogen and oxygen atoms in total. The normalized spacial score (nSPS) is 1.50. The Labute approximate surface area is 49.5 Å². The van der Waals surface area contributed by atoms with Gasteiger partial charge in [0.15, 0.2) is 0 Å². The van der Waals surface area contributed by atoms with Gasteiger partial charge in [0.25, 0.3) is 0 Å². The molecule has 0 amide bonds. The van der Waals surface area contributed by atoms with Crippen molar-refractivity contribution in [3.05, 3.63) is 6.92 Å². The maximum Gasteiger partial charge on any atom is 2.00 e. The zero-order valence-corrected chi connectivity index (χ0v) is 4.96. The predicted molar refractivity (Wildman–Crippen MR) is 16.8 cm³/mol. The summed E-state index contributed by atoms with van der Waals surface area (Å²) >= 11 is 0. The third-order valence-corrected chi connectivity index (χ3v) is 0. The summed E-state index contributed by atoms with van der Waals surface area (Å²) in [6.07, 6.45) is 0. The topological polar surface area (TPSA) is 0 Å². The Morgan fingerprint density at radius 3 is 1.25 bits per heavy atom. The van der Waals surface area contributed by atoms with E-state index >= 15 is 0 Å². The van der Waals surface area contributed by atoms with E-state index in [1.807, 2.05) is 0 Å². The smallest absolute Gasteiger partial charge is 1.00 e. The second-order valence-corrected chi connectivity index (χ2v) is 0. The maximum absolute atomic E-state index is 3.25. The Morgan fingerprint density at radius 1 is 1.25 bits per heavy atom. The summed E-state index contributed by atoms with van der Waals surface area (Å²) in [7, 11) is 0. The van der Waals surface area contributed by atoms with Crippen molar-refractivity contribution < 1.29 is 12.4 Å². The molecule has 0 aromatic carbocycles. The van der Waals surface area contributed by atoms with Gasteiger partial charge in [-0.3, -0.25) is 0 Å². The van der Waals surface area contributed by atoms with E-state index in [9.17, 15) is 0 Å². The molecular weight excluding hydrogens is 83.8 g/mol. The predicted octanol–water partition coefficient (Wildman–Crippen LogP) is -2.54. The van der Waals surface area contributed by atoms with Crippen molar-refractivity contribution in [1.82, 2.24) is 0 Å². The fourth-order valence-corrected chi connectivity index (χ4v) is 0. The summed E-state index contributed by atoms with van der Waals surface area (Å²) in [5, 5.41) is 0. The standard InChI is InChI=1S/C2H5.ClH.Mg/c1-2;;/h1H2,2H3;1H;/q-1;;+2/p-1. The van der Waals surface area contributed by atoms with Gasteiger partial charge in [-0.2, -0.15) is 6.92 Å². The van der Waals surface area contributed by atoms with Crippen LogP contribution in [-0.2, 0) is 0 Å². The van der Waals surface area contributed by atoms with Crippen molar-refractivity contribution in [1.29, 1.82) is 0 Å². The first-order valence-electron chi connectivity index (χ1n) is 0.707. The van der Waals surface area contributed by atoms with E-state index in [-0.39, 0.29) is 35.5 Å². The van der Waals surface area contributed by atoms with E-state index in [2.05, 4.69) is 6.92 Å². The quantitative estimate of drug-likeness (QED) is 0.226. The van der Waals surface area contributed by atoms with Crippen molar-refractivity contribution in [3.63, 3.8) is 0 Å². The molecule has 0 unspecified atom stereocenters. The first-order chi connectivity index (χ1) is 1.00. The molecule has 4 heavy (non-hydrogen) atoms. The molecule has 0 saturated carbocycles. The summed E-state index contributed by atoms with van der Waals surface area (Å²) in [6, 6.07) is 0. The van der Waals surface area contributed by atoms with Gasteiger partial charge in [0.05, 0.1) is 0 Å². The second-order valence-electron chi connectivity index (χ2n) is 0. The fraction of sp³-hybridized carbons (Fsp3) is 0.500. The van der Waals surface area contributed by atoms with Crippen molar-refractivity contribution in [3.8, 4) is 0 Å². The summed E-state index contributed by atoms with van der Waals surface area (Å²) in [5.41, 5.74) is 0. The van der Waals surface area contributed by atoms with Crippen LogP contribution in [0.15, 0.2) is 0 Å². The molecule has 0 heterocycles. The Bertz CT molecular complexity index is 6.00. The average molecular weight is 88.8 g/mol. The van der Waals surface area contributed by atoms with Crippen LogP contribution in [0.1, 0.15) is 6.92 Å². The SMILES string of the molecule is [CH2-]C.[Cl-].[Mg+2]. The molecule has 0 aliphatic heterocycles. The first kappa shape index (κ1) is 19.7. The molecule has 22 valence electrons. The van der Waals surface area contributed by atoms with Crippen LogP contribution in [0.25, 0.3) is 0 Å². The van der Waals surface area contributed by atoms with E-state index in [1.54, 1.807) is 6.92 Å². The monoisotopic (exact) mass is 88.0 g/mol. The largest absolute Gasteiger partial charge is 2.00 e. The van der Waals surface area contributed by atoms with Crippen LogP contribution in [0.3, 0.4) is 0 Å². The number of halogens is 1. The average Bonchev–Trinajstić information content (AvgIpc) is 1.00. The zero-order chi connectivity index (χ0) is 2.00. The van der Waals surface area contributed by atoms with Crippen LogP contribution in [-0.4, -0.2) is 23.1 Å². The summed E-state index contributed by atoms with van der Waals surface area (Å²) in [6.45, 7) is 5.00. The van der Waals surface area contributed by atoms with Gasteiger partial charge < -0.3 is 19.3 Å². The Kier molecular flexibility index (Phi) is 167. The van der Waals surface area contributed by atoms with Crippen molar-refractivity contribution in [2.75, 3.05) is 0 Å². The molecule has 0 aromatic heterocycles. The summed E-state index contributed by atoms with van der Waals surface area (Å²) in [5.74, 6) is 0. The van der Waals surface area contributed by atoms with Gasteiger partial charge in [-0.05, 0) is 0 Å². The number of rotatable bonds is 0. The molecule has 0 radical (unpaired) electrons. The molecule has 0 saturated heterocycles. The minimum Gasteiger partial charge on any atom is -1.00 e. The maximum atomic E-state index is 3.25. The van der Waals surface area contributed by atoms with Crippen molar-refractivity contribution in [2.24, 2.45) is 0 Å². The van der Waals surface area contributed by atoms with Gasteiger partial charge in [0, 0.05) is 0 Å². The van der Waals surface area contributed by atoms with E-state index in [0.717, 1.165) is 0 Å². The van der Waals surface area contributed by atoms with Gasteiger partial charge in [-0.1, -0.05) is 0 Å². The summed E-state index contributed by atoms with van der Waals surface area (Å²) < 4.78 is 0. The Morgan fingerprint density at radius 2 is 1.25 bits per heavy atom. The van der Waals surface area contributed by atoms with Crippen molar-refractivity contribution in [2.45, 2.75) is 6.92 Å². The third-order valence-electron chi connectivity index (χ3n) is 0. The number of hydrogen-bond acceptors (Lipinski definition) is 0. The van der Waals surface area contributed by atoms with Crippen LogP contribution >= 0.6 is 0 Å². The van der Waals surface area contributed by atoms with Gasteiger partial charge in [0.1, 0.15) is 0 Å². The third kappa shape index (κ3) is 11.6. The van der Waals surface area contributed by atoms with Gasteiger partial charge in [-0.25, -0.2) is 0 Å². The van der Waals surface area contributed by atoms with Gasteiger partial charge in [-0.15, -0.1) is 0 Å². The van der Waals surface area contributed by atoms with Crippen LogP contribution in [0, 0.1) is 6.92 Å². The minimum absolute atomic E-state index is 0. The molecular formula is C2H5ClMg. The number of hydrogen-bond donors (Lipinski definition) is 0. The van der Waals surface area contributed by atoms with E-state index in [0.29, 0.717) is 0 Å². The van der Waals surface area contributed by atoms with Crippen LogP contribution < -0.4 is 12.4 Å². The molecule has 2 heteroatoms. The molecule has 0 rings (SSSR count). The van der Waals surface area contributed by atoms with Crippen LogP contribution in [0.5, 0.6) is 0 Å². The van der Waals surface area contributed by atoms with Gasteiger partial charge >= 0.3 is 23.1 Å². The van der Waals surface area contributed by atoms with E-state index in [1.165, 1.54) is 0 Å². The van der Waals surface area contributed by atoms with Crippen LogP contribution in [0.2, 0.25) is 0 Å². The fourth-order valence-electron chi connectivity index (χ4n) is 0. The molecule has 0 N–H and O–H groups in total. The van der Waals surface area contributed by atoms with Crippen LogP contribution in [0.4, 0.5) is 0 Å². The minimum atomic E-state index is 0. The molecule has 0 aromatic rings. The van der Waals surface area contributed by atoms with E-state index in [4.69, 9.17) is 0 Å². The first-order valence-corrected chi connectivity index (χ1v) is 0.707. The summed E-state index contributed by atoms with van der Waals surface area (Å²) in [4.78, 5) is 0. The second kappa shape index (κ2) is 34.0. The Hall–Kier alpha value is 1.06. The molecule has 0 bridgehead atoms. The van der Waals surface area contributed by atoms with Crippen molar-refractivity contribution >= 4 is 23.1 Å². The zero-order valence-electron chi connectivity index (χ0n) is 2.79. The molecule has 0 fully saturated rings. The molecule has 0 spiro atoms. The Balaban J connectivity index is -0.00000000500. The molecule has 0 aliphatic carbocycles. The molecule has 0 atom stereocenters. The van der Waals surface area contributed by atoms with Gasteiger partial charge in [0.2, 0.25) is 0 Å².